The molecular formula is C6H7F3O. The van der Waals surface area contributed by atoms with Crippen molar-refractivity contribution in [3.05, 3.63) is 11.3 Å². The topological polar surface area (TPSA) is 20.2 Å². The molecule has 1 aliphatic rings. The molecule has 0 aromatic carbocycles. The molecule has 1 aliphatic carbocycles. The van der Waals surface area contributed by atoms with Gasteiger partial charge in [0.1, 0.15) is 5.76 Å². The molecule has 0 amide bonds. The molecule has 4 heteroatoms. The summed E-state index contributed by atoms with van der Waals surface area (Å²) in [5.74, 6) is -0.479. The Hall–Kier alpha value is -0.670. The van der Waals surface area contributed by atoms with Crippen LogP contribution in [-0.4, -0.2) is 11.3 Å². The fraction of sp³-hybridized carbons (Fsp3) is 0.667. The normalized spacial score (nSPS) is 20.3. The lowest BCUT2D eigenvalue weighted by Gasteiger charge is -2.06. The summed E-state index contributed by atoms with van der Waals surface area (Å²) in [7, 11) is 0. The quantitative estimate of drug-likeness (QED) is 0.565. The van der Waals surface area contributed by atoms with E-state index in [1.807, 2.05) is 0 Å². The summed E-state index contributed by atoms with van der Waals surface area (Å²) in [6.45, 7) is 0. The SMILES string of the molecule is OC1=C(C(F)(F)F)CCC1. The minimum atomic E-state index is -4.32. The van der Waals surface area contributed by atoms with Crippen molar-refractivity contribution in [2.24, 2.45) is 0 Å². The molecule has 0 aliphatic heterocycles. The zero-order chi connectivity index (χ0) is 7.78. The molecule has 0 saturated carbocycles. The first-order valence-corrected chi connectivity index (χ1v) is 3.00. The summed E-state index contributed by atoms with van der Waals surface area (Å²) in [5.41, 5.74) is -0.743. The first-order valence-electron chi connectivity index (χ1n) is 3.00. The van der Waals surface area contributed by atoms with Crippen molar-refractivity contribution < 1.29 is 18.3 Å². The van der Waals surface area contributed by atoms with Crippen molar-refractivity contribution in [2.45, 2.75) is 25.4 Å². The predicted octanol–water partition coefficient (Wildman–Crippen LogP) is 2.54. The van der Waals surface area contributed by atoms with Crippen LogP contribution in [0.2, 0.25) is 0 Å². The van der Waals surface area contributed by atoms with Gasteiger partial charge in [0.15, 0.2) is 0 Å². The molecular weight excluding hydrogens is 145 g/mol. The molecule has 0 radical (unpaired) electrons. The van der Waals surface area contributed by atoms with Crippen molar-refractivity contribution in [3.63, 3.8) is 0 Å². The lowest BCUT2D eigenvalue weighted by molar-refractivity contribution is -0.0953. The van der Waals surface area contributed by atoms with Gasteiger partial charge in [-0.15, -0.1) is 0 Å². The second-order valence-electron chi connectivity index (χ2n) is 2.28. The smallest absolute Gasteiger partial charge is 0.415 e. The van der Waals surface area contributed by atoms with Gasteiger partial charge < -0.3 is 5.11 Å². The van der Waals surface area contributed by atoms with Gasteiger partial charge in [0.2, 0.25) is 0 Å². The van der Waals surface area contributed by atoms with Crippen LogP contribution in [0.3, 0.4) is 0 Å². The highest BCUT2D eigenvalue weighted by Crippen LogP contribution is 2.36. The molecule has 10 heavy (non-hydrogen) atoms. The number of aliphatic hydroxyl groups is 1. The van der Waals surface area contributed by atoms with E-state index < -0.39 is 17.5 Å². The molecule has 1 rings (SSSR count). The van der Waals surface area contributed by atoms with E-state index in [9.17, 15) is 13.2 Å². The number of rotatable bonds is 0. The van der Waals surface area contributed by atoms with Crippen LogP contribution in [-0.2, 0) is 0 Å². The molecule has 0 fully saturated rings. The van der Waals surface area contributed by atoms with Gasteiger partial charge in [-0.25, -0.2) is 0 Å². The monoisotopic (exact) mass is 152 g/mol. The lowest BCUT2D eigenvalue weighted by atomic mass is 10.2. The second-order valence-corrected chi connectivity index (χ2v) is 2.28. The minimum absolute atomic E-state index is 0.0324. The third kappa shape index (κ3) is 1.25. The molecule has 0 bridgehead atoms. The Bertz CT molecular complexity index is 168. The van der Waals surface area contributed by atoms with Crippen LogP contribution < -0.4 is 0 Å². The highest BCUT2D eigenvalue weighted by molar-refractivity contribution is 5.17. The summed E-state index contributed by atoms with van der Waals surface area (Å²) in [5, 5.41) is 8.68. The minimum Gasteiger partial charge on any atom is -0.512 e. The third-order valence-corrected chi connectivity index (χ3v) is 1.53. The number of aliphatic hydroxyl groups excluding tert-OH is 1. The molecule has 0 spiro atoms. The molecule has 0 aromatic heterocycles. The lowest BCUT2D eigenvalue weighted by Crippen LogP contribution is -2.11. The maximum absolute atomic E-state index is 11.8. The zero-order valence-corrected chi connectivity index (χ0v) is 5.20. The van der Waals surface area contributed by atoms with Crippen LogP contribution in [0, 0.1) is 0 Å². The standard InChI is InChI=1S/C6H7F3O/c7-6(8,9)4-2-1-3-5(4)10/h10H,1-3H2. The summed E-state index contributed by atoms with van der Waals surface area (Å²) < 4.78 is 35.4. The van der Waals surface area contributed by atoms with Crippen LogP contribution >= 0.6 is 0 Å². The van der Waals surface area contributed by atoms with Gasteiger partial charge in [-0.1, -0.05) is 0 Å². The Balaban J connectivity index is 2.81. The molecule has 1 nitrogen and oxygen atoms in total. The van der Waals surface area contributed by atoms with Crippen LogP contribution in [0.5, 0.6) is 0 Å². The Kier molecular flexibility index (Phi) is 1.62. The maximum Gasteiger partial charge on any atom is 0.415 e. The van der Waals surface area contributed by atoms with Gasteiger partial charge in [0, 0.05) is 6.42 Å². The Morgan fingerprint density at radius 1 is 1.20 bits per heavy atom. The van der Waals surface area contributed by atoms with E-state index in [1.165, 1.54) is 0 Å². The molecule has 0 unspecified atom stereocenters. The highest BCUT2D eigenvalue weighted by atomic mass is 19.4. The van der Waals surface area contributed by atoms with Crippen molar-refractivity contribution >= 4 is 0 Å². The molecule has 0 aromatic rings. The van der Waals surface area contributed by atoms with Crippen molar-refractivity contribution in [2.75, 3.05) is 0 Å². The van der Waals surface area contributed by atoms with Crippen LogP contribution in [0.4, 0.5) is 13.2 Å². The van der Waals surface area contributed by atoms with E-state index in [0.717, 1.165) is 0 Å². The van der Waals surface area contributed by atoms with E-state index in [4.69, 9.17) is 5.11 Å². The largest absolute Gasteiger partial charge is 0.512 e. The Morgan fingerprint density at radius 3 is 2.00 bits per heavy atom. The summed E-state index contributed by atoms with van der Waals surface area (Å²) >= 11 is 0. The molecule has 1 N–H and O–H groups in total. The zero-order valence-electron chi connectivity index (χ0n) is 5.20. The number of hydrogen-bond acceptors (Lipinski definition) is 1. The van der Waals surface area contributed by atoms with Gasteiger partial charge in [0.05, 0.1) is 5.57 Å². The fourth-order valence-electron chi connectivity index (χ4n) is 1.03. The summed E-state index contributed by atoms with van der Waals surface area (Å²) in [6.07, 6.45) is -3.76. The van der Waals surface area contributed by atoms with Crippen molar-refractivity contribution in [1.82, 2.24) is 0 Å². The van der Waals surface area contributed by atoms with Crippen molar-refractivity contribution in [3.8, 4) is 0 Å². The average Bonchev–Trinajstić information content (AvgIpc) is 2.11. The Labute approximate surface area is 56.2 Å². The number of allylic oxidation sites excluding steroid dienone is 2. The number of alkyl halides is 3. The number of hydrogen-bond donors (Lipinski definition) is 1. The summed E-state index contributed by atoms with van der Waals surface area (Å²) in [6, 6.07) is 0. The molecule has 0 atom stereocenters. The van der Waals surface area contributed by atoms with Gasteiger partial charge in [-0.2, -0.15) is 13.2 Å². The van der Waals surface area contributed by atoms with E-state index in [-0.39, 0.29) is 12.8 Å². The van der Waals surface area contributed by atoms with Crippen molar-refractivity contribution in [1.29, 1.82) is 0 Å². The van der Waals surface area contributed by atoms with Crippen LogP contribution in [0.1, 0.15) is 19.3 Å². The molecule has 0 heterocycles. The molecule has 58 valence electrons. The summed E-state index contributed by atoms with van der Waals surface area (Å²) in [4.78, 5) is 0. The number of halogens is 3. The van der Waals surface area contributed by atoms with Gasteiger partial charge in [-0.3, -0.25) is 0 Å². The predicted molar refractivity (Wildman–Crippen MR) is 29.6 cm³/mol. The third-order valence-electron chi connectivity index (χ3n) is 1.53. The average molecular weight is 152 g/mol. The van der Waals surface area contributed by atoms with E-state index in [2.05, 4.69) is 0 Å². The Morgan fingerprint density at radius 2 is 1.80 bits per heavy atom. The van der Waals surface area contributed by atoms with Gasteiger partial charge in [-0.05, 0) is 12.8 Å². The second kappa shape index (κ2) is 2.18. The van der Waals surface area contributed by atoms with Gasteiger partial charge >= 0.3 is 6.18 Å². The van der Waals surface area contributed by atoms with E-state index >= 15 is 0 Å². The van der Waals surface area contributed by atoms with E-state index in [1.54, 1.807) is 0 Å². The maximum atomic E-state index is 11.8. The fourth-order valence-corrected chi connectivity index (χ4v) is 1.03. The van der Waals surface area contributed by atoms with E-state index in [0.29, 0.717) is 6.42 Å². The first-order chi connectivity index (χ1) is 4.52. The first kappa shape index (κ1) is 7.44. The highest BCUT2D eigenvalue weighted by Gasteiger charge is 2.38. The van der Waals surface area contributed by atoms with Crippen LogP contribution in [0.15, 0.2) is 11.3 Å². The molecule has 0 saturated heterocycles. The van der Waals surface area contributed by atoms with Gasteiger partial charge in [0.25, 0.3) is 0 Å². The van der Waals surface area contributed by atoms with Crippen LogP contribution in [0.25, 0.3) is 0 Å².